The van der Waals surface area contributed by atoms with E-state index in [0.29, 0.717) is 42.4 Å². The third kappa shape index (κ3) is 8.31. The summed E-state index contributed by atoms with van der Waals surface area (Å²) in [6, 6.07) is 17.0. The van der Waals surface area contributed by atoms with E-state index in [1.54, 1.807) is 25.1 Å². The molecular formula is C36H34N2O8S5. The number of benzene rings is 3. The van der Waals surface area contributed by atoms with Gasteiger partial charge in [0.2, 0.25) is 15.7 Å². The molecule has 0 aromatic heterocycles. The first-order valence-electron chi connectivity index (χ1n) is 16.0. The van der Waals surface area contributed by atoms with Gasteiger partial charge in [-0.05, 0) is 37.5 Å². The second-order valence-electron chi connectivity index (χ2n) is 11.1. The highest BCUT2D eigenvalue weighted by Crippen LogP contribution is 2.69. The lowest BCUT2D eigenvalue weighted by Gasteiger charge is -2.19. The van der Waals surface area contributed by atoms with Gasteiger partial charge in [-0.1, -0.05) is 122 Å². The van der Waals surface area contributed by atoms with Crippen LogP contribution in [-0.4, -0.2) is 32.9 Å². The predicted molar refractivity (Wildman–Crippen MR) is 200 cm³/mol. The molecule has 2 aliphatic heterocycles. The topological polar surface area (TPSA) is 143 Å². The molecule has 2 N–H and O–H groups in total. The van der Waals surface area contributed by atoms with Gasteiger partial charge in [-0.15, -0.1) is 0 Å². The number of carbonyl (C=O) groups is 3. The lowest BCUT2D eigenvalue weighted by atomic mass is 10.00. The molecule has 0 saturated heterocycles. The quantitative estimate of drug-likeness (QED) is 0.0724. The van der Waals surface area contributed by atoms with E-state index in [0.717, 1.165) is 65.5 Å². The molecule has 10 nitrogen and oxygen atoms in total. The first kappa shape index (κ1) is 38.4. The van der Waals surface area contributed by atoms with Crippen LogP contribution in [0.3, 0.4) is 0 Å². The van der Waals surface area contributed by atoms with Crippen LogP contribution < -0.4 is 15.2 Å². The molecule has 1 unspecified atom stereocenters. The van der Waals surface area contributed by atoms with Crippen molar-refractivity contribution in [3.8, 4) is 11.5 Å². The molecule has 2 aliphatic rings. The van der Waals surface area contributed by atoms with Crippen LogP contribution in [0.15, 0.2) is 104 Å². The minimum atomic E-state index is -4.39. The minimum Gasteiger partial charge on any atom is -0.486 e. The number of primary amides is 1. The van der Waals surface area contributed by atoms with Gasteiger partial charge in [0.1, 0.15) is 12.4 Å². The number of hydrogen-bond donors (Lipinski definition) is 1. The van der Waals surface area contributed by atoms with E-state index in [1.165, 1.54) is 12.1 Å². The monoisotopic (exact) mass is 782 g/mol. The molecule has 51 heavy (non-hydrogen) atoms. The number of ether oxygens (including phenoxy) is 3. The number of esters is 2. The van der Waals surface area contributed by atoms with Gasteiger partial charge in [0.05, 0.1) is 52.0 Å². The second kappa shape index (κ2) is 17.1. The van der Waals surface area contributed by atoms with Gasteiger partial charge < -0.3 is 19.9 Å². The molecule has 1 amide bonds. The summed E-state index contributed by atoms with van der Waals surface area (Å²) in [4.78, 5) is 44.0. The van der Waals surface area contributed by atoms with E-state index in [4.69, 9.17) is 26.5 Å². The maximum absolute atomic E-state index is 14.1. The van der Waals surface area contributed by atoms with Gasteiger partial charge in [0.25, 0.3) is 5.70 Å². The summed E-state index contributed by atoms with van der Waals surface area (Å²) in [5, 5.41) is 0. The SMILES string of the molecule is [C-]#[N+]/C(C(N)=O)=C1\Sc2c(OCc3ccccc3)c3c(c(OC(=O)C(CC)CCCC)c2S1)SC(=C(C(=O)OCC)S(=O)(=O)c1ccccc1)S3. The number of amides is 1. The highest BCUT2D eigenvalue weighted by Gasteiger charge is 2.43. The third-order valence-electron chi connectivity index (χ3n) is 7.68. The van der Waals surface area contributed by atoms with Gasteiger partial charge in [0, 0.05) is 0 Å². The Hall–Kier alpha value is -3.81. The van der Waals surface area contributed by atoms with Gasteiger partial charge in [-0.2, -0.15) is 0 Å². The number of carbonyl (C=O) groups excluding carboxylic acids is 3. The number of thioether (sulfide) groups is 4. The number of unbranched alkanes of at least 4 members (excludes halogenated alkanes) is 1. The van der Waals surface area contributed by atoms with Crippen LogP contribution in [0.5, 0.6) is 11.5 Å². The average molecular weight is 783 g/mol. The Bertz CT molecular complexity index is 2060. The number of sulfone groups is 1. The fraction of sp³-hybridized carbons (Fsp3) is 0.278. The standard InChI is InChI=1S/C36H34N2O8S5/c1-5-8-17-22(6-2)33(40)46-26-29-27(47-35(48-29)24(38-4)32(37)39)25(45-20-21-15-11-9-12-16-21)28-30(26)50-36(49-28)31(34(41)44-7-3)51(42,43)23-18-13-10-14-19-23/h9-16,18-19,22H,5-8,17,20H2,1-3H3,(H2,37,39)/b35-24+,36-31?. The van der Waals surface area contributed by atoms with Crippen LogP contribution >= 0.6 is 47.0 Å². The first-order valence-corrected chi connectivity index (χ1v) is 20.8. The van der Waals surface area contributed by atoms with Crippen molar-refractivity contribution in [3.63, 3.8) is 0 Å². The summed E-state index contributed by atoms with van der Waals surface area (Å²) in [6.07, 6.45) is 2.86. The summed E-state index contributed by atoms with van der Waals surface area (Å²) in [5.41, 5.74) is 6.14. The Kier molecular flexibility index (Phi) is 12.9. The largest absolute Gasteiger partial charge is 0.486 e. The fourth-order valence-electron chi connectivity index (χ4n) is 5.09. The Morgan fingerprint density at radius 1 is 0.843 bits per heavy atom. The average Bonchev–Trinajstić information content (AvgIpc) is 3.75. The van der Waals surface area contributed by atoms with Crippen molar-refractivity contribution in [2.45, 2.75) is 77.5 Å². The van der Waals surface area contributed by atoms with E-state index in [2.05, 4.69) is 4.85 Å². The lowest BCUT2D eigenvalue weighted by Crippen LogP contribution is -2.20. The third-order valence-corrected chi connectivity index (χ3v) is 14.9. The van der Waals surface area contributed by atoms with E-state index < -0.39 is 38.5 Å². The number of rotatable bonds is 14. The predicted octanol–water partition coefficient (Wildman–Crippen LogP) is 8.56. The Morgan fingerprint density at radius 3 is 1.94 bits per heavy atom. The molecule has 1 atom stereocenters. The molecule has 3 aromatic carbocycles. The summed E-state index contributed by atoms with van der Waals surface area (Å²) in [5.74, 6) is -2.37. The molecule has 0 saturated carbocycles. The molecular weight excluding hydrogens is 749 g/mol. The van der Waals surface area contributed by atoms with Gasteiger partial charge >= 0.3 is 11.9 Å². The molecule has 0 aliphatic carbocycles. The van der Waals surface area contributed by atoms with Crippen molar-refractivity contribution in [2.24, 2.45) is 11.7 Å². The highest BCUT2D eigenvalue weighted by atomic mass is 32.2. The van der Waals surface area contributed by atoms with Crippen molar-refractivity contribution >= 4 is 74.7 Å². The number of nitrogens with zero attached hydrogens (tertiary/aromatic N) is 1. The molecule has 0 spiro atoms. The van der Waals surface area contributed by atoms with Crippen LogP contribution in [0.25, 0.3) is 4.85 Å². The Morgan fingerprint density at radius 2 is 1.41 bits per heavy atom. The van der Waals surface area contributed by atoms with E-state index in [9.17, 15) is 22.8 Å². The Labute approximate surface area is 314 Å². The van der Waals surface area contributed by atoms with Gasteiger partial charge in [0.15, 0.2) is 10.7 Å². The molecule has 266 valence electrons. The van der Waals surface area contributed by atoms with Crippen molar-refractivity contribution < 1.29 is 37.0 Å². The van der Waals surface area contributed by atoms with Crippen LogP contribution in [0.1, 0.15) is 52.0 Å². The van der Waals surface area contributed by atoms with Crippen LogP contribution in [0.4, 0.5) is 0 Å². The molecule has 2 heterocycles. The smallest absolute Gasteiger partial charge is 0.351 e. The zero-order valence-corrected chi connectivity index (χ0v) is 32.0. The van der Waals surface area contributed by atoms with Crippen LogP contribution in [0, 0.1) is 12.5 Å². The van der Waals surface area contributed by atoms with E-state index in [1.807, 2.05) is 44.2 Å². The van der Waals surface area contributed by atoms with Crippen molar-refractivity contribution in [1.82, 2.24) is 0 Å². The molecule has 0 bridgehead atoms. The van der Waals surface area contributed by atoms with Crippen molar-refractivity contribution in [3.05, 3.63) is 96.7 Å². The normalized spacial score (nSPS) is 16.0. The molecule has 5 rings (SSSR count). The number of nitrogens with two attached hydrogens (primary N) is 1. The molecule has 0 radical (unpaired) electrons. The highest BCUT2D eigenvalue weighted by molar-refractivity contribution is 8.26. The summed E-state index contributed by atoms with van der Waals surface area (Å²) >= 11 is 4.10. The lowest BCUT2D eigenvalue weighted by molar-refractivity contribution is -0.140. The van der Waals surface area contributed by atoms with Crippen LogP contribution in [0.2, 0.25) is 0 Å². The molecule has 15 heteroatoms. The van der Waals surface area contributed by atoms with E-state index in [-0.39, 0.29) is 33.8 Å². The van der Waals surface area contributed by atoms with Gasteiger partial charge in [-0.3, -0.25) is 9.59 Å². The molecule has 3 aromatic rings. The zero-order valence-electron chi connectivity index (χ0n) is 27.9. The van der Waals surface area contributed by atoms with Crippen molar-refractivity contribution in [2.75, 3.05) is 6.61 Å². The number of fused-ring (bicyclic) bond motifs is 2. The summed E-state index contributed by atoms with van der Waals surface area (Å²) < 4.78 is 46.6. The zero-order chi connectivity index (χ0) is 36.7. The summed E-state index contributed by atoms with van der Waals surface area (Å²) in [6.45, 7) is 13.2. The molecule has 0 fully saturated rings. The minimum absolute atomic E-state index is 0.0629. The van der Waals surface area contributed by atoms with Crippen molar-refractivity contribution in [1.29, 1.82) is 0 Å². The first-order chi connectivity index (χ1) is 24.5. The Balaban J connectivity index is 1.76. The van der Waals surface area contributed by atoms with E-state index >= 15 is 0 Å². The maximum Gasteiger partial charge on any atom is 0.351 e. The maximum atomic E-state index is 14.1. The second-order valence-corrected chi connectivity index (χ2v) is 17.6. The van der Waals surface area contributed by atoms with Crippen LogP contribution in [-0.2, 0) is 35.6 Å². The fourth-order valence-corrected chi connectivity index (χ4v) is 12.5. The summed E-state index contributed by atoms with van der Waals surface area (Å²) in [7, 11) is -4.39. The van der Waals surface area contributed by atoms with Gasteiger partial charge in [-0.25, -0.2) is 18.1 Å². The number of hydrogen-bond acceptors (Lipinski definition) is 12.